The smallest absolute Gasteiger partial charge is 0.274 e. The van der Waals surface area contributed by atoms with E-state index in [0.717, 1.165) is 42.4 Å². The fourth-order valence-corrected chi connectivity index (χ4v) is 3.55. The summed E-state index contributed by atoms with van der Waals surface area (Å²) in [6.45, 7) is 0. The van der Waals surface area contributed by atoms with Crippen LogP contribution in [0.15, 0.2) is 42.5 Å². The summed E-state index contributed by atoms with van der Waals surface area (Å²) in [5.74, 6) is -0.623. The lowest BCUT2D eigenvalue weighted by molar-refractivity contribution is 0.0706. The molecule has 0 bridgehead atoms. The fourth-order valence-electron chi connectivity index (χ4n) is 3.55. The average Bonchev–Trinajstić information content (AvgIpc) is 3.14. The molecule has 0 spiro atoms. The van der Waals surface area contributed by atoms with Crippen LogP contribution in [-0.2, 0) is 0 Å². The topological polar surface area (TPSA) is 92.4 Å². The maximum Gasteiger partial charge on any atom is 0.274 e. The highest BCUT2D eigenvalue weighted by Gasteiger charge is 2.25. The second-order valence-corrected chi connectivity index (χ2v) is 6.13. The summed E-state index contributed by atoms with van der Waals surface area (Å²) in [5, 5.41) is 8.71. The van der Waals surface area contributed by atoms with Gasteiger partial charge in [-0.1, -0.05) is 37.1 Å². The van der Waals surface area contributed by atoms with Crippen LogP contribution in [0.25, 0.3) is 11.1 Å². The van der Waals surface area contributed by atoms with Crippen molar-refractivity contribution in [3.8, 4) is 11.1 Å². The fraction of sp³-hybridized carbons (Fsp3) is 0.263. The van der Waals surface area contributed by atoms with Crippen LogP contribution in [0.5, 0.6) is 0 Å². The van der Waals surface area contributed by atoms with Crippen molar-refractivity contribution in [1.82, 2.24) is 5.48 Å². The Morgan fingerprint density at radius 2 is 1.71 bits per heavy atom. The standard InChI is InChI=1S/C19H20N2O3/c20-18(22)16-7-3-6-15(17(16)13-4-1-2-5-13)12-8-10-14(11-9-12)19(23)21-24/h3,6-11,13,24H,1-2,4-5H2,(H2,20,22)(H,21,23). The van der Waals surface area contributed by atoms with Crippen LogP contribution in [0.1, 0.15) is 57.9 Å². The summed E-state index contributed by atoms with van der Waals surface area (Å²) in [7, 11) is 0. The first-order valence-electron chi connectivity index (χ1n) is 8.09. The quantitative estimate of drug-likeness (QED) is 0.595. The molecule has 1 aliphatic rings. The van der Waals surface area contributed by atoms with E-state index in [4.69, 9.17) is 10.9 Å². The van der Waals surface area contributed by atoms with Crippen molar-refractivity contribution >= 4 is 11.8 Å². The molecule has 124 valence electrons. The summed E-state index contributed by atoms with van der Waals surface area (Å²) >= 11 is 0. The summed E-state index contributed by atoms with van der Waals surface area (Å²) in [6, 6.07) is 12.6. The van der Waals surface area contributed by atoms with Gasteiger partial charge in [0, 0.05) is 11.1 Å². The molecule has 24 heavy (non-hydrogen) atoms. The molecular formula is C19H20N2O3. The highest BCUT2D eigenvalue weighted by Crippen LogP contribution is 2.41. The Morgan fingerprint density at radius 3 is 2.29 bits per heavy atom. The molecule has 3 rings (SSSR count). The zero-order valence-electron chi connectivity index (χ0n) is 13.3. The molecule has 0 radical (unpaired) electrons. The Bertz CT molecular complexity index is 763. The van der Waals surface area contributed by atoms with Crippen molar-refractivity contribution in [1.29, 1.82) is 0 Å². The van der Waals surface area contributed by atoms with Crippen LogP contribution in [0, 0.1) is 0 Å². The van der Waals surface area contributed by atoms with Gasteiger partial charge in [0.15, 0.2) is 0 Å². The molecule has 2 aromatic carbocycles. The average molecular weight is 324 g/mol. The third-order valence-electron chi connectivity index (χ3n) is 4.69. The first kappa shape index (κ1) is 16.2. The number of hydrogen-bond acceptors (Lipinski definition) is 3. The zero-order chi connectivity index (χ0) is 17.1. The first-order valence-corrected chi connectivity index (χ1v) is 8.09. The Labute approximate surface area is 140 Å². The Morgan fingerprint density at radius 1 is 1.04 bits per heavy atom. The minimum Gasteiger partial charge on any atom is -0.366 e. The van der Waals surface area contributed by atoms with Gasteiger partial charge >= 0.3 is 0 Å². The molecular weight excluding hydrogens is 304 g/mol. The summed E-state index contributed by atoms with van der Waals surface area (Å²) in [4.78, 5) is 23.3. The maximum atomic E-state index is 11.9. The van der Waals surface area contributed by atoms with E-state index in [9.17, 15) is 9.59 Å². The number of benzene rings is 2. The van der Waals surface area contributed by atoms with E-state index < -0.39 is 11.8 Å². The molecule has 0 heterocycles. The number of hydrogen-bond donors (Lipinski definition) is 3. The van der Waals surface area contributed by atoms with Gasteiger partial charge in [0.1, 0.15) is 0 Å². The van der Waals surface area contributed by atoms with E-state index in [0.29, 0.717) is 17.0 Å². The van der Waals surface area contributed by atoms with Crippen LogP contribution >= 0.6 is 0 Å². The van der Waals surface area contributed by atoms with Crippen molar-refractivity contribution in [2.45, 2.75) is 31.6 Å². The largest absolute Gasteiger partial charge is 0.366 e. The van der Waals surface area contributed by atoms with Crippen molar-refractivity contribution in [3.05, 3.63) is 59.2 Å². The van der Waals surface area contributed by atoms with Gasteiger partial charge in [-0.3, -0.25) is 14.8 Å². The van der Waals surface area contributed by atoms with Gasteiger partial charge in [0.2, 0.25) is 5.91 Å². The number of carbonyl (C=O) groups excluding carboxylic acids is 2. The molecule has 1 fully saturated rings. The van der Waals surface area contributed by atoms with E-state index in [-0.39, 0.29) is 0 Å². The molecule has 1 saturated carbocycles. The van der Waals surface area contributed by atoms with Gasteiger partial charge in [0.25, 0.3) is 5.91 Å². The second kappa shape index (κ2) is 6.84. The molecule has 5 heteroatoms. The van der Waals surface area contributed by atoms with E-state index in [1.807, 2.05) is 24.3 Å². The van der Waals surface area contributed by atoms with Crippen LogP contribution in [0.2, 0.25) is 0 Å². The summed E-state index contributed by atoms with van der Waals surface area (Å²) in [5.41, 5.74) is 11.1. The van der Waals surface area contributed by atoms with Crippen molar-refractivity contribution in [2.24, 2.45) is 5.73 Å². The summed E-state index contributed by atoms with van der Waals surface area (Å²) in [6.07, 6.45) is 4.43. The molecule has 1 aliphatic carbocycles. The highest BCUT2D eigenvalue weighted by molar-refractivity contribution is 5.97. The Kier molecular flexibility index (Phi) is 4.62. The lowest BCUT2D eigenvalue weighted by Gasteiger charge is -2.19. The third kappa shape index (κ3) is 3.03. The van der Waals surface area contributed by atoms with Gasteiger partial charge in [-0.05, 0) is 53.6 Å². The molecule has 0 aromatic heterocycles. The molecule has 2 aromatic rings. The zero-order valence-corrected chi connectivity index (χ0v) is 13.3. The maximum absolute atomic E-state index is 11.9. The Hall–Kier alpha value is -2.66. The van der Waals surface area contributed by atoms with Crippen LogP contribution < -0.4 is 11.2 Å². The van der Waals surface area contributed by atoms with Gasteiger partial charge in [-0.15, -0.1) is 0 Å². The van der Waals surface area contributed by atoms with Crippen molar-refractivity contribution in [2.75, 3.05) is 0 Å². The SMILES string of the molecule is NC(=O)c1cccc(-c2ccc(C(=O)NO)cc2)c1C1CCCC1. The lowest BCUT2D eigenvalue weighted by Crippen LogP contribution is -2.18. The minimum absolute atomic E-state index is 0.337. The number of nitrogens with two attached hydrogens (primary N) is 1. The number of hydroxylamine groups is 1. The van der Waals surface area contributed by atoms with Crippen molar-refractivity contribution < 1.29 is 14.8 Å². The molecule has 2 amide bonds. The molecule has 0 saturated heterocycles. The molecule has 5 nitrogen and oxygen atoms in total. The number of rotatable bonds is 4. The molecule has 0 aliphatic heterocycles. The van der Waals surface area contributed by atoms with Gasteiger partial charge in [-0.25, -0.2) is 5.48 Å². The van der Waals surface area contributed by atoms with Crippen molar-refractivity contribution in [3.63, 3.8) is 0 Å². The van der Waals surface area contributed by atoms with E-state index >= 15 is 0 Å². The molecule has 4 N–H and O–H groups in total. The Balaban J connectivity index is 2.08. The summed E-state index contributed by atoms with van der Waals surface area (Å²) < 4.78 is 0. The number of carbonyl (C=O) groups is 2. The lowest BCUT2D eigenvalue weighted by atomic mass is 9.85. The monoisotopic (exact) mass is 324 g/mol. The van der Waals surface area contributed by atoms with Crippen LogP contribution in [0.3, 0.4) is 0 Å². The third-order valence-corrected chi connectivity index (χ3v) is 4.69. The second-order valence-electron chi connectivity index (χ2n) is 6.13. The van der Waals surface area contributed by atoms with E-state index in [1.54, 1.807) is 23.7 Å². The van der Waals surface area contributed by atoms with E-state index in [2.05, 4.69) is 0 Å². The van der Waals surface area contributed by atoms with Gasteiger partial charge < -0.3 is 5.73 Å². The van der Waals surface area contributed by atoms with Gasteiger partial charge in [0.05, 0.1) is 0 Å². The normalized spacial score (nSPS) is 14.5. The molecule has 0 unspecified atom stereocenters. The molecule has 0 atom stereocenters. The van der Waals surface area contributed by atoms with E-state index in [1.165, 1.54) is 0 Å². The van der Waals surface area contributed by atoms with Crippen LogP contribution in [0.4, 0.5) is 0 Å². The van der Waals surface area contributed by atoms with Gasteiger partial charge in [-0.2, -0.15) is 0 Å². The predicted molar refractivity (Wildman–Crippen MR) is 90.9 cm³/mol. The number of primary amides is 1. The minimum atomic E-state index is -0.552. The van der Waals surface area contributed by atoms with Crippen LogP contribution in [-0.4, -0.2) is 17.0 Å². The first-order chi connectivity index (χ1) is 11.6. The predicted octanol–water partition coefficient (Wildman–Crippen LogP) is 3.23. The number of amides is 2. The highest BCUT2D eigenvalue weighted by atomic mass is 16.5. The number of nitrogens with one attached hydrogen (secondary N) is 1.